The minimum Gasteiger partial charge on any atom is -0.370 e. The second kappa shape index (κ2) is 8.42. The molecule has 0 saturated carbocycles. The smallest absolute Gasteiger partial charge is 0.315 e. The molecule has 126 valence electrons. The molecule has 2 saturated heterocycles. The van der Waals surface area contributed by atoms with E-state index in [9.17, 15) is 4.79 Å². The third kappa shape index (κ3) is 5.02. The van der Waals surface area contributed by atoms with Gasteiger partial charge in [0.2, 0.25) is 0 Å². The van der Waals surface area contributed by atoms with E-state index in [1.54, 1.807) is 0 Å². The van der Waals surface area contributed by atoms with E-state index in [0.29, 0.717) is 19.1 Å². The molecule has 2 fully saturated rings. The maximum Gasteiger partial charge on any atom is 0.315 e. The average Bonchev–Trinajstić information content (AvgIpc) is 3.13. The topological polar surface area (TPSA) is 68.4 Å². The lowest BCUT2D eigenvalue weighted by molar-refractivity contribution is 0.239. The molecule has 1 atom stereocenters. The van der Waals surface area contributed by atoms with Gasteiger partial charge in [0.25, 0.3) is 0 Å². The molecule has 2 amide bonds. The first-order valence-electron chi connectivity index (χ1n) is 8.23. The summed E-state index contributed by atoms with van der Waals surface area (Å²) in [6.45, 7) is 4.39. The van der Waals surface area contributed by atoms with E-state index in [0.717, 1.165) is 31.6 Å². The standard InChI is InChI=1S/C16H25N5OS/c22-16(18-12-14-5-6-19-20-14)17-11-13-1-3-15(4-2-13)21-7-9-23-10-8-21/h1-4,14,19-20H,5-12H2,(H2,17,18,22). The zero-order valence-corrected chi connectivity index (χ0v) is 14.1. The number of anilines is 1. The first-order chi connectivity index (χ1) is 11.3. The molecule has 3 rings (SSSR count). The lowest BCUT2D eigenvalue weighted by atomic mass is 10.2. The van der Waals surface area contributed by atoms with Gasteiger partial charge >= 0.3 is 6.03 Å². The average molecular weight is 335 g/mol. The van der Waals surface area contributed by atoms with Gasteiger partial charge in [-0.05, 0) is 24.1 Å². The highest BCUT2D eigenvalue weighted by molar-refractivity contribution is 7.99. The molecule has 6 nitrogen and oxygen atoms in total. The Kier molecular flexibility index (Phi) is 6.01. The van der Waals surface area contributed by atoms with Gasteiger partial charge in [-0.1, -0.05) is 12.1 Å². The van der Waals surface area contributed by atoms with Crippen molar-refractivity contribution in [2.75, 3.05) is 42.6 Å². The zero-order chi connectivity index (χ0) is 15.9. The summed E-state index contributed by atoms with van der Waals surface area (Å²) in [5.41, 5.74) is 8.58. The van der Waals surface area contributed by atoms with Gasteiger partial charge in [-0.2, -0.15) is 11.8 Å². The van der Waals surface area contributed by atoms with Crippen LogP contribution in [0.15, 0.2) is 24.3 Å². The second-order valence-corrected chi connectivity index (χ2v) is 7.11. The number of hydrogen-bond donors (Lipinski definition) is 4. The lowest BCUT2D eigenvalue weighted by Gasteiger charge is -2.28. The molecule has 2 heterocycles. The summed E-state index contributed by atoms with van der Waals surface area (Å²) in [7, 11) is 0. The van der Waals surface area contributed by atoms with Gasteiger partial charge in [0.1, 0.15) is 0 Å². The Morgan fingerprint density at radius 2 is 2.00 bits per heavy atom. The van der Waals surface area contributed by atoms with Gasteiger partial charge in [0.05, 0.1) is 0 Å². The minimum atomic E-state index is -0.115. The number of amides is 2. The fraction of sp³-hybridized carbons (Fsp3) is 0.562. The molecule has 1 aromatic carbocycles. The number of benzene rings is 1. The molecule has 1 aromatic rings. The van der Waals surface area contributed by atoms with Crippen molar-refractivity contribution in [1.29, 1.82) is 0 Å². The number of rotatable bonds is 5. The fourth-order valence-corrected chi connectivity index (χ4v) is 3.70. The van der Waals surface area contributed by atoms with Crippen LogP contribution in [-0.4, -0.2) is 49.8 Å². The van der Waals surface area contributed by atoms with E-state index in [1.165, 1.54) is 17.2 Å². The Morgan fingerprint density at radius 1 is 1.22 bits per heavy atom. The van der Waals surface area contributed by atoms with E-state index in [1.807, 2.05) is 11.8 Å². The van der Waals surface area contributed by atoms with Gasteiger partial charge in [0.15, 0.2) is 0 Å². The second-order valence-electron chi connectivity index (χ2n) is 5.89. The molecular formula is C16H25N5OS. The first-order valence-corrected chi connectivity index (χ1v) is 9.38. The fourth-order valence-electron chi connectivity index (χ4n) is 2.80. The summed E-state index contributed by atoms with van der Waals surface area (Å²) in [5, 5.41) is 5.80. The van der Waals surface area contributed by atoms with Crippen LogP contribution in [0, 0.1) is 0 Å². The van der Waals surface area contributed by atoms with Crippen LogP contribution in [0.25, 0.3) is 0 Å². The van der Waals surface area contributed by atoms with Crippen LogP contribution in [-0.2, 0) is 6.54 Å². The normalized spacial score (nSPS) is 21.2. The molecule has 7 heteroatoms. The Labute approximate surface area is 141 Å². The Balaban J connectivity index is 1.40. The molecule has 0 radical (unpaired) electrons. The van der Waals surface area contributed by atoms with Crippen molar-refractivity contribution < 1.29 is 4.79 Å². The van der Waals surface area contributed by atoms with Crippen LogP contribution >= 0.6 is 11.8 Å². The van der Waals surface area contributed by atoms with Gasteiger partial charge < -0.3 is 15.5 Å². The summed E-state index contributed by atoms with van der Waals surface area (Å²) in [6.07, 6.45) is 1.04. The predicted molar refractivity (Wildman–Crippen MR) is 95.8 cm³/mol. The summed E-state index contributed by atoms with van der Waals surface area (Å²) < 4.78 is 0. The van der Waals surface area contributed by atoms with E-state index in [2.05, 4.69) is 50.7 Å². The molecule has 2 aliphatic heterocycles. The highest BCUT2D eigenvalue weighted by Gasteiger charge is 2.14. The van der Waals surface area contributed by atoms with Crippen LogP contribution < -0.4 is 26.4 Å². The van der Waals surface area contributed by atoms with Gasteiger partial charge in [-0.25, -0.2) is 4.79 Å². The highest BCUT2D eigenvalue weighted by atomic mass is 32.2. The van der Waals surface area contributed by atoms with Gasteiger partial charge in [-0.3, -0.25) is 10.9 Å². The van der Waals surface area contributed by atoms with Crippen LogP contribution in [0.4, 0.5) is 10.5 Å². The van der Waals surface area contributed by atoms with E-state index in [-0.39, 0.29) is 6.03 Å². The molecule has 0 aliphatic carbocycles. The minimum absolute atomic E-state index is 0.115. The maximum atomic E-state index is 11.8. The number of nitrogens with zero attached hydrogens (tertiary/aromatic N) is 1. The maximum absolute atomic E-state index is 11.8. The highest BCUT2D eigenvalue weighted by Crippen LogP contribution is 2.19. The molecule has 0 bridgehead atoms. The molecule has 23 heavy (non-hydrogen) atoms. The van der Waals surface area contributed by atoms with Crippen molar-refractivity contribution in [3.05, 3.63) is 29.8 Å². The molecule has 4 N–H and O–H groups in total. The van der Waals surface area contributed by atoms with Crippen LogP contribution in [0.1, 0.15) is 12.0 Å². The van der Waals surface area contributed by atoms with Crippen molar-refractivity contribution in [1.82, 2.24) is 21.5 Å². The third-order valence-corrected chi connectivity index (χ3v) is 5.14. The number of hydrogen-bond acceptors (Lipinski definition) is 5. The van der Waals surface area contributed by atoms with Crippen molar-refractivity contribution in [3.8, 4) is 0 Å². The number of hydrazine groups is 1. The number of thioether (sulfide) groups is 1. The van der Waals surface area contributed by atoms with E-state index >= 15 is 0 Å². The van der Waals surface area contributed by atoms with Gasteiger partial charge in [-0.15, -0.1) is 0 Å². The first kappa shape index (κ1) is 16.4. The third-order valence-electron chi connectivity index (χ3n) is 4.20. The number of carbonyl (C=O) groups excluding carboxylic acids is 1. The van der Waals surface area contributed by atoms with Crippen molar-refractivity contribution >= 4 is 23.5 Å². The van der Waals surface area contributed by atoms with Crippen molar-refractivity contribution in [3.63, 3.8) is 0 Å². The van der Waals surface area contributed by atoms with Crippen LogP contribution in [0.5, 0.6) is 0 Å². The van der Waals surface area contributed by atoms with Crippen molar-refractivity contribution in [2.24, 2.45) is 0 Å². The number of nitrogens with one attached hydrogen (secondary N) is 4. The molecule has 1 unspecified atom stereocenters. The summed E-state index contributed by atoms with van der Waals surface area (Å²) >= 11 is 2.02. The Bertz CT molecular complexity index is 498. The Morgan fingerprint density at radius 3 is 2.70 bits per heavy atom. The monoisotopic (exact) mass is 335 g/mol. The Hall–Kier alpha value is -1.44. The quantitative estimate of drug-likeness (QED) is 0.644. The summed E-state index contributed by atoms with van der Waals surface area (Å²) in [6, 6.07) is 8.70. The molecule has 2 aliphatic rings. The molecular weight excluding hydrogens is 310 g/mol. The van der Waals surface area contributed by atoms with Crippen molar-refractivity contribution in [2.45, 2.75) is 19.0 Å². The van der Waals surface area contributed by atoms with Crippen LogP contribution in [0.3, 0.4) is 0 Å². The van der Waals surface area contributed by atoms with E-state index in [4.69, 9.17) is 0 Å². The number of carbonyl (C=O) groups is 1. The predicted octanol–water partition coefficient (Wildman–Crippen LogP) is 0.906. The van der Waals surface area contributed by atoms with E-state index < -0.39 is 0 Å². The summed E-state index contributed by atoms with van der Waals surface area (Å²) in [4.78, 5) is 14.2. The largest absolute Gasteiger partial charge is 0.370 e. The lowest BCUT2D eigenvalue weighted by Crippen LogP contribution is -2.43. The molecule has 0 spiro atoms. The SMILES string of the molecule is O=C(NCc1ccc(N2CCSCC2)cc1)NCC1CCNN1. The molecule has 0 aromatic heterocycles. The zero-order valence-electron chi connectivity index (χ0n) is 13.3. The van der Waals surface area contributed by atoms with Crippen LogP contribution in [0.2, 0.25) is 0 Å². The summed E-state index contributed by atoms with van der Waals surface area (Å²) in [5.74, 6) is 2.41. The van der Waals surface area contributed by atoms with Gasteiger partial charge in [0, 0.05) is 56.0 Å². The number of urea groups is 1.